The summed E-state index contributed by atoms with van der Waals surface area (Å²) in [5, 5.41) is 17.1. The fourth-order valence-electron chi connectivity index (χ4n) is 3.08. The molecule has 1 aromatic carbocycles. The van der Waals surface area contributed by atoms with Crippen LogP contribution in [0.25, 0.3) is 0 Å². The molecular weight excluding hydrogens is 505 g/mol. The molecule has 0 spiro atoms. The monoisotopic (exact) mass is 521 g/mol. The van der Waals surface area contributed by atoms with Crippen LogP contribution in [-0.2, 0) is 13.2 Å². The maximum absolute atomic E-state index is 12.6. The Labute approximate surface area is 196 Å². The molecule has 0 saturated heterocycles. The number of nitrogens with one attached hydrogen (secondary N) is 1. The highest BCUT2D eigenvalue weighted by molar-refractivity contribution is 9.10. The average Bonchev–Trinajstić information content (AvgIpc) is 3.38. The smallest absolute Gasteiger partial charge is 0.277 e. The van der Waals surface area contributed by atoms with Crippen molar-refractivity contribution in [3.8, 4) is 0 Å². The van der Waals surface area contributed by atoms with Gasteiger partial charge in [-0.15, -0.1) is 0 Å². The lowest BCUT2D eigenvalue weighted by Crippen LogP contribution is -2.16. The van der Waals surface area contributed by atoms with Crippen molar-refractivity contribution < 1.29 is 4.79 Å². The summed E-state index contributed by atoms with van der Waals surface area (Å²) in [6, 6.07) is 8.93. The first-order valence-electron chi connectivity index (χ1n) is 9.31. The maximum atomic E-state index is 12.6. The lowest BCUT2D eigenvalue weighted by atomic mass is 10.2. The Morgan fingerprint density at radius 1 is 1.10 bits per heavy atom. The largest absolute Gasteiger partial charge is 0.303 e. The number of nitrogens with zero attached hydrogens (tertiary/aromatic N) is 6. The third kappa shape index (κ3) is 5.00. The molecule has 0 unspecified atom stereocenters. The zero-order valence-electron chi connectivity index (χ0n) is 16.7. The Morgan fingerprint density at radius 2 is 1.90 bits per heavy atom. The predicted molar refractivity (Wildman–Crippen MR) is 123 cm³/mol. The van der Waals surface area contributed by atoms with E-state index < -0.39 is 0 Å². The molecule has 3 aromatic heterocycles. The van der Waals surface area contributed by atoms with Gasteiger partial charge in [0.2, 0.25) is 0 Å². The Kier molecular flexibility index (Phi) is 6.17. The highest BCUT2D eigenvalue weighted by atomic mass is 79.9. The number of amides is 1. The van der Waals surface area contributed by atoms with E-state index in [2.05, 4.69) is 36.5 Å². The van der Waals surface area contributed by atoms with Gasteiger partial charge in [0.05, 0.1) is 16.7 Å². The molecule has 1 N–H and O–H groups in total. The number of hydrogen-bond acceptors (Lipinski definition) is 4. The van der Waals surface area contributed by atoms with Gasteiger partial charge in [-0.2, -0.15) is 15.3 Å². The summed E-state index contributed by atoms with van der Waals surface area (Å²) < 4.78 is 5.80. The van der Waals surface area contributed by atoms with Gasteiger partial charge in [0.25, 0.3) is 5.91 Å². The minimum Gasteiger partial charge on any atom is -0.303 e. The summed E-state index contributed by atoms with van der Waals surface area (Å²) in [5.41, 5.74) is 3.10. The zero-order chi connectivity index (χ0) is 22.1. The van der Waals surface area contributed by atoms with Crippen LogP contribution in [0.4, 0.5) is 5.82 Å². The normalized spacial score (nSPS) is 11.1. The molecule has 1 amide bonds. The minimum atomic E-state index is -0.359. The molecule has 0 aliphatic carbocycles. The van der Waals surface area contributed by atoms with Crippen LogP contribution < -0.4 is 5.32 Å². The first-order valence-corrected chi connectivity index (χ1v) is 10.9. The van der Waals surface area contributed by atoms with E-state index in [9.17, 15) is 4.79 Å². The van der Waals surface area contributed by atoms with Gasteiger partial charge in [-0.3, -0.25) is 14.2 Å². The Morgan fingerprint density at radius 3 is 2.61 bits per heavy atom. The van der Waals surface area contributed by atoms with E-state index in [1.54, 1.807) is 40.0 Å². The fraction of sp³-hybridized carbons (Fsp3) is 0.200. The fourth-order valence-corrected chi connectivity index (χ4v) is 3.96. The van der Waals surface area contributed by atoms with Crippen LogP contribution in [0, 0.1) is 13.8 Å². The first-order chi connectivity index (χ1) is 14.8. The van der Waals surface area contributed by atoms with Crippen molar-refractivity contribution in [3.63, 3.8) is 0 Å². The maximum Gasteiger partial charge on any atom is 0.277 e. The van der Waals surface area contributed by atoms with Gasteiger partial charge in [-0.05, 0) is 59.6 Å². The average molecular weight is 523 g/mol. The topological polar surface area (TPSA) is 82.6 Å². The standard InChI is InChI=1S/C20H18BrCl2N7O/c1-12-7-13(2)30(25-12)11-28-6-5-18(26-28)20(31)24-19-16(21)10-29(27-19)9-14-3-4-15(22)8-17(14)23/h3-8,10H,9,11H2,1-2H3,(H,24,27,31). The van der Waals surface area contributed by atoms with E-state index in [4.69, 9.17) is 23.2 Å². The summed E-state index contributed by atoms with van der Waals surface area (Å²) in [5.74, 6) is 0.0331. The third-order valence-electron chi connectivity index (χ3n) is 4.55. The lowest BCUT2D eigenvalue weighted by Gasteiger charge is -2.05. The van der Waals surface area contributed by atoms with Gasteiger partial charge < -0.3 is 5.32 Å². The van der Waals surface area contributed by atoms with Gasteiger partial charge in [0, 0.05) is 28.1 Å². The van der Waals surface area contributed by atoms with Gasteiger partial charge in [-0.1, -0.05) is 29.3 Å². The number of benzene rings is 1. The molecular formula is C20H18BrCl2N7O. The Hall–Kier alpha value is -2.62. The van der Waals surface area contributed by atoms with Crippen LogP contribution in [0.5, 0.6) is 0 Å². The molecule has 0 saturated carbocycles. The quantitative estimate of drug-likeness (QED) is 0.395. The van der Waals surface area contributed by atoms with Crippen molar-refractivity contribution in [1.82, 2.24) is 29.3 Å². The predicted octanol–water partition coefficient (Wildman–Crippen LogP) is 4.77. The van der Waals surface area contributed by atoms with E-state index in [1.165, 1.54) is 0 Å². The molecule has 3 heterocycles. The van der Waals surface area contributed by atoms with Crippen LogP contribution >= 0.6 is 39.1 Å². The molecule has 0 atom stereocenters. The van der Waals surface area contributed by atoms with Gasteiger partial charge in [-0.25, -0.2) is 4.68 Å². The van der Waals surface area contributed by atoms with Crippen LogP contribution in [0.1, 0.15) is 27.4 Å². The van der Waals surface area contributed by atoms with E-state index >= 15 is 0 Å². The van der Waals surface area contributed by atoms with Crippen LogP contribution in [0.15, 0.2) is 47.2 Å². The number of carbonyl (C=O) groups excluding carboxylic acids is 1. The summed E-state index contributed by atoms with van der Waals surface area (Å²) in [6.45, 7) is 4.76. The van der Waals surface area contributed by atoms with Crippen molar-refractivity contribution in [1.29, 1.82) is 0 Å². The highest BCUT2D eigenvalue weighted by Crippen LogP contribution is 2.25. The second-order valence-corrected chi connectivity index (χ2v) is 8.72. The molecule has 0 bridgehead atoms. The lowest BCUT2D eigenvalue weighted by molar-refractivity contribution is 0.102. The molecule has 0 fully saturated rings. The Bertz CT molecular complexity index is 1260. The van der Waals surface area contributed by atoms with E-state index in [1.807, 2.05) is 30.7 Å². The van der Waals surface area contributed by atoms with Crippen molar-refractivity contribution in [2.45, 2.75) is 27.1 Å². The second-order valence-electron chi connectivity index (χ2n) is 7.02. The molecule has 31 heavy (non-hydrogen) atoms. The van der Waals surface area contributed by atoms with Crippen molar-refractivity contribution in [3.05, 3.63) is 79.9 Å². The molecule has 8 nitrogen and oxygen atoms in total. The van der Waals surface area contributed by atoms with E-state index in [0.717, 1.165) is 17.0 Å². The van der Waals surface area contributed by atoms with Gasteiger partial charge >= 0.3 is 0 Å². The number of aromatic nitrogens is 6. The first kappa shape index (κ1) is 21.6. The number of carbonyl (C=O) groups is 1. The minimum absolute atomic E-state index is 0.281. The number of anilines is 1. The molecule has 11 heteroatoms. The summed E-state index contributed by atoms with van der Waals surface area (Å²) in [4.78, 5) is 12.6. The summed E-state index contributed by atoms with van der Waals surface area (Å²) in [7, 11) is 0. The third-order valence-corrected chi connectivity index (χ3v) is 5.72. The highest BCUT2D eigenvalue weighted by Gasteiger charge is 2.15. The van der Waals surface area contributed by atoms with E-state index in [-0.39, 0.29) is 11.6 Å². The molecule has 0 radical (unpaired) electrons. The molecule has 0 aliphatic rings. The number of rotatable bonds is 6. The zero-order valence-corrected chi connectivity index (χ0v) is 19.8. The number of halogens is 3. The van der Waals surface area contributed by atoms with Crippen molar-refractivity contribution in [2.75, 3.05) is 5.32 Å². The van der Waals surface area contributed by atoms with Crippen molar-refractivity contribution >= 4 is 50.9 Å². The number of aryl methyl sites for hydroxylation is 2. The number of hydrogen-bond donors (Lipinski definition) is 1. The second kappa shape index (κ2) is 8.86. The Balaban J connectivity index is 1.44. The van der Waals surface area contributed by atoms with Crippen LogP contribution in [0.3, 0.4) is 0 Å². The summed E-state index contributed by atoms with van der Waals surface area (Å²) >= 11 is 15.6. The van der Waals surface area contributed by atoms with Crippen LogP contribution in [-0.4, -0.2) is 35.2 Å². The van der Waals surface area contributed by atoms with Gasteiger partial charge in [0.1, 0.15) is 6.67 Å². The molecule has 4 aromatic rings. The molecule has 4 rings (SSSR count). The van der Waals surface area contributed by atoms with Crippen LogP contribution in [0.2, 0.25) is 10.0 Å². The summed E-state index contributed by atoms with van der Waals surface area (Å²) in [6.07, 6.45) is 3.50. The SMILES string of the molecule is Cc1cc(C)n(Cn2ccc(C(=O)Nc3nn(Cc4ccc(Cl)cc4Cl)cc3Br)n2)n1. The van der Waals surface area contributed by atoms with E-state index in [0.29, 0.717) is 33.5 Å². The van der Waals surface area contributed by atoms with Crippen molar-refractivity contribution in [2.24, 2.45) is 0 Å². The molecule has 0 aliphatic heterocycles. The molecule has 160 valence electrons. The van der Waals surface area contributed by atoms with Gasteiger partial charge in [0.15, 0.2) is 11.5 Å².